The molecule has 0 fully saturated rings. The normalized spacial score (nSPS) is 12.7. The highest BCUT2D eigenvalue weighted by atomic mass is 16.3. The molecule has 0 saturated carbocycles. The van der Waals surface area contributed by atoms with Gasteiger partial charge < -0.3 is 9.32 Å². The molecule has 0 atom stereocenters. The molecule has 59 heavy (non-hydrogen) atoms. The van der Waals surface area contributed by atoms with Crippen LogP contribution in [0.4, 0.5) is 17.1 Å². The second-order valence-corrected chi connectivity index (χ2v) is 16.1. The van der Waals surface area contributed by atoms with Crippen LogP contribution >= 0.6 is 0 Å². The lowest BCUT2D eigenvalue weighted by molar-refractivity contribution is 0.660. The Morgan fingerprint density at radius 1 is 0.339 bits per heavy atom. The minimum Gasteiger partial charge on any atom is -0.456 e. The quantitative estimate of drug-likeness (QED) is 0.161. The molecule has 1 aliphatic carbocycles. The standard InChI is InChI=1S/C57H41NO/c1-57(2)52-36-44(40-26-24-39(25-27-40)38-14-5-3-6-15-38)28-31-48(52)49-32-30-46(37-53(49)57)58(54-22-11-9-20-47(54)41-16-7-4-8-17-41)45-19-13-18-42(34-45)43-29-33-56-51(35-43)50-21-10-12-23-55(50)59-56/h3-37H,1-2H3. The lowest BCUT2D eigenvalue weighted by Gasteiger charge is -2.30. The van der Waals surface area contributed by atoms with Gasteiger partial charge in [0.15, 0.2) is 0 Å². The van der Waals surface area contributed by atoms with Crippen LogP contribution in [0, 0.1) is 0 Å². The van der Waals surface area contributed by atoms with Crippen LogP contribution in [0.5, 0.6) is 0 Å². The van der Waals surface area contributed by atoms with Crippen LogP contribution in [0.3, 0.4) is 0 Å². The van der Waals surface area contributed by atoms with Gasteiger partial charge in [0.05, 0.1) is 5.69 Å². The summed E-state index contributed by atoms with van der Waals surface area (Å²) in [5, 5.41) is 2.26. The first kappa shape index (κ1) is 34.8. The highest BCUT2D eigenvalue weighted by Crippen LogP contribution is 2.52. The van der Waals surface area contributed by atoms with Crippen molar-refractivity contribution < 1.29 is 4.42 Å². The molecule has 1 aromatic heterocycles. The summed E-state index contributed by atoms with van der Waals surface area (Å²) in [6.07, 6.45) is 0. The Balaban J connectivity index is 1.02. The number of anilines is 3. The van der Waals surface area contributed by atoms with Gasteiger partial charge in [-0.05, 0) is 116 Å². The van der Waals surface area contributed by atoms with Crippen molar-refractivity contribution in [2.24, 2.45) is 0 Å². The van der Waals surface area contributed by atoms with Crippen molar-refractivity contribution in [2.45, 2.75) is 19.3 Å². The smallest absolute Gasteiger partial charge is 0.135 e. The molecular weight excluding hydrogens is 715 g/mol. The summed E-state index contributed by atoms with van der Waals surface area (Å²) >= 11 is 0. The fourth-order valence-corrected chi connectivity index (χ4v) is 9.22. The first-order valence-electron chi connectivity index (χ1n) is 20.4. The van der Waals surface area contributed by atoms with Crippen molar-refractivity contribution in [3.05, 3.63) is 223 Å². The molecule has 2 nitrogen and oxygen atoms in total. The van der Waals surface area contributed by atoms with Crippen molar-refractivity contribution in [3.63, 3.8) is 0 Å². The summed E-state index contributed by atoms with van der Waals surface area (Å²) in [6.45, 7) is 4.75. The van der Waals surface area contributed by atoms with E-state index in [1.165, 1.54) is 55.6 Å². The van der Waals surface area contributed by atoms with Crippen molar-refractivity contribution in [1.29, 1.82) is 0 Å². The maximum atomic E-state index is 6.19. The van der Waals surface area contributed by atoms with Gasteiger partial charge >= 0.3 is 0 Å². The Bertz CT molecular complexity index is 3170. The molecule has 0 radical (unpaired) electrons. The molecule has 1 aliphatic rings. The molecule has 0 amide bonds. The second kappa shape index (κ2) is 13.9. The van der Waals surface area contributed by atoms with E-state index < -0.39 is 0 Å². The molecule has 11 rings (SSSR count). The van der Waals surface area contributed by atoms with E-state index in [1.807, 2.05) is 12.1 Å². The van der Waals surface area contributed by atoms with E-state index in [-0.39, 0.29) is 5.41 Å². The van der Waals surface area contributed by atoms with Crippen LogP contribution in [-0.2, 0) is 5.41 Å². The number of hydrogen-bond acceptors (Lipinski definition) is 2. The van der Waals surface area contributed by atoms with Gasteiger partial charge in [-0.2, -0.15) is 0 Å². The van der Waals surface area contributed by atoms with Crippen molar-refractivity contribution in [2.75, 3.05) is 4.90 Å². The number of hydrogen-bond donors (Lipinski definition) is 0. The predicted molar refractivity (Wildman–Crippen MR) is 248 cm³/mol. The van der Waals surface area contributed by atoms with Crippen LogP contribution in [0.25, 0.3) is 77.6 Å². The first-order valence-corrected chi connectivity index (χ1v) is 20.4. The molecule has 0 aliphatic heterocycles. The number of furan rings is 1. The summed E-state index contributed by atoms with van der Waals surface area (Å²) in [6, 6.07) is 77.0. The molecule has 280 valence electrons. The zero-order valence-corrected chi connectivity index (χ0v) is 33.1. The van der Waals surface area contributed by atoms with Crippen LogP contribution in [-0.4, -0.2) is 0 Å². The topological polar surface area (TPSA) is 16.4 Å². The predicted octanol–water partition coefficient (Wildman–Crippen LogP) is 16.0. The monoisotopic (exact) mass is 755 g/mol. The number of para-hydroxylation sites is 2. The van der Waals surface area contributed by atoms with Gasteiger partial charge in [0.1, 0.15) is 11.2 Å². The largest absolute Gasteiger partial charge is 0.456 e. The minimum atomic E-state index is -0.212. The average Bonchev–Trinajstić information content (AvgIpc) is 3.78. The third-order valence-electron chi connectivity index (χ3n) is 12.3. The molecule has 9 aromatic carbocycles. The van der Waals surface area contributed by atoms with E-state index in [0.717, 1.165) is 50.1 Å². The lowest BCUT2D eigenvalue weighted by atomic mass is 9.81. The molecule has 1 heterocycles. The summed E-state index contributed by atoms with van der Waals surface area (Å²) in [5.41, 5.74) is 19.8. The zero-order valence-electron chi connectivity index (χ0n) is 33.1. The number of benzene rings is 9. The fraction of sp³-hybridized carbons (Fsp3) is 0.0526. The maximum Gasteiger partial charge on any atom is 0.135 e. The molecular formula is C57H41NO. The molecule has 0 saturated heterocycles. The van der Waals surface area contributed by atoms with E-state index in [4.69, 9.17) is 4.42 Å². The second-order valence-electron chi connectivity index (χ2n) is 16.1. The Morgan fingerprint density at radius 3 is 1.66 bits per heavy atom. The van der Waals surface area contributed by atoms with E-state index in [2.05, 4.69) is 219 Å². The summed E-state index contributed by atoms with van der Waals surface area (Å²) in [4.78, 5) is 2.44. The summed E-state index contributed by atoms with van der Waals surface area (Å²) in [5.74, 6) is 0. The molecule has 0 bridgehead atoms. The van der Waals surface area contributed by atoms with Gasteiger partial charge in [-0.1, -0.05) is 172 Å². The first-order chi connectivity index (χ1) is 29.0. The van der Waals surface area contributed by atoms with Crippen molar-refractivity contribution >= 4 is 39.0 Å². The van der Waals surface area contributed by atoms with E-state index in [9.17, 15) is 0 Å². The van der Waals surface area contributed by atoms with Crippen LogP contribution in [0.1, 0.15) is 25.0 Å². The Hall–Kier alpha value is -7.42. The third-order valence-corrected chi connectivity index (χ3v) is 12.3. The van der Waals surface area contributed by atoms with Crippen molar-refractivity contribution in [1.82, 2.24) is 0 Å². The van der Waals surface area contributed by atoms with Gasteiger partial charge in [0.25, 0.3) is 0 Å². The average molecular weight is 756 g/mol. The van der Waals surface area contributed by atoms with Crippen LogP contribution in [0.15, 0.2) is 217 Å². The minimum absolute atomic E-state index is 0.212. The van der Waals surface area contributed by atoms with Gasteiger partial charge in [0, 0.05) is 33.1 Å². The highest BCUT2D eigenvalue weighted by Gasteiger charge is 2.36. The number of rotatable bonds is 7. The van der Waals surface area contributed by atoms with E-state index in [0.29, 0.717) is 0 Å². The number of fused-ring (bicyclic) bond motifs is 6. The van der Waals surface area contributed by atoms with Gasteiger partial charge in [0.2, 0.25) is 0 Å². The molecule has 2 heteroatoms. The van der Waals surface area contributed by atoms with Gasteiger partial charge in [-0.15, -0.1) is 0 Å². The zero-order chi connectivity index (χ0) is 39.5. The Labute approximate surface area is 345 Å². The molecule has 0 unspecified atom stereocenters. The van der Waals surface area contributed by atoms with Crippen molar-refractivity contribution in [3.8, 4) is 55.6 Å². The third kappa shape index (κ3) is 5.96. The SMILES string of the molecule is CC1(C)c2cc(-c3ccc(-c4ccccc4)cc3)ccc2-c2ccc(N(c3cccc(-c4ccc5oc6ccccc6c5c4)c3)c3ccccc3-c3ccccc3)cc21. The van der Waals surface area contributed by atoms with Gasteiger partial charge in [-0.3, -0.25) is 0 Å². The summed E-state index contributed by atoms with van der Waals surface area (Å²) in [7, 11) is 0. The lowest BCUT2D eigenvalue weighted by Crippen LogP contribution is -2.17. The Kier molecular flexibility index (Phi) is 8.20. The van der Waals surface area contributed by atoms with E-state index in [1.54, 1.807) is 0 Å². The van der Waals surface area contributed by atoms with E-state index >= 15 is 0 Å². The number of nitrogens with zero attached hydrogens (tertiary/aromatic N) is 1. The van der Waals surface area contributed by atoms with Crippen LogP contribution < -0.4 is 4.90 Å². The highest BCUT2D eigenvalue weighted by molar-refractivity contribution is 6.06. The summed E-state index contributed by atoms with van der Waals surface area (Å²) < 4.78 is 6.19. The molecule has 0 N–H and O–H groups in total. The molecule has 10 aromatic rings. The van der Waals surface area contributed by atoms with Gasteiger partial charge in [-0.25, -0.2) is 0 Å². The Morgan fingerprint density at radius 2 is 0.864 bits per heavy atom. The molecule has 0 spiro atoms. The fourth-order valence-electron chi connectivity index (χ4n) is 9.22. The maximum absolute atomic E-state index is 6.19. The van der Waals surface area contributed by atoms with Crippen LogP contribution in [0.2, 0.25) is 0 Å².